The summed E-state index contributed by atoms with van der Waals surface area (Å²) in [4.78, 5) is 19.9. The largest absolute Gasteiger partial charge is 0.494 e. The number of amides is 1. The summed E-state index contributed by atoms with van der Waals surface area (Å²) in [7, 11) is 1.54. The molecule has 0 radical (unpaired) electrons. The van der Waals surface area contributed by atoms with Gasteiger partial charge in [-0.15, -0.1) is 0 Å². The van der Waals surface area contributed by atoms with Gasteiger partial charge >= 0.3 is 0 Å². The zero-order valence-corrected chi connectivity index (χ0v) is 15.2. The predicted octanol–water partition coefficient (Wildman–Crippen LogP) is 3.91. The third-order valence-electron chi connectivity index (χ3n) is 4.45. The van der Waals surface area contributed by atoms with Crippen LogP contribution in [0.1, 0.15) is 16.1 Å². The van der Waals surface area contributed by atoms with Gasteiger partial charge in [0.05, 0.1) is 41.0 Å². The van der Waals surface area contributed by atoms with Crippen molar-refractivity contribution in [1.29, 1.82) is 0 Å². The molecule has 0 saturated carbocycles. The second kappa shape index (κ2) is 6.92. The molecule has 1 aliphatic heterocycles. The number of aromatic nitrogens is 2. The molecular weight excluding hydrogens is 371 g/mol. The summed E-state index contributed by atoms with van der Waals surface area (Å²) in [5.74, 6) is -0.277. The minimum atomic E-state index is -0.585. The van der Waals surface area contributed by atoms with Crippen LogP contribution in [0.5, 0.6) is 5.75 Å². The standard InChI is InChI=1S/C19H16ClFN4O2/c1-27-14-9-22-7-5-10(14)17-18(15-12(24-17)6-8-23-19(15)26)25-13-4-2-3-11(20)16(13)21/h2-5,7,9,24-25H,6,8H2,1H3,(H,23,26). The summed E-state index contributed by atoms with van der Waals surface area (Å²) < 4.78 is 19.9. The van der Waals surface area contributed by atoms with Crippen molar-refractivity contribution >= 4 is 28.9 Å². The third kappa shape index (κ3) is 3.00. The van der Waals surface area contributed by atoms with Crippen molar-refractivity contribution in [1.82, 2.24) is 15.3 Å². The summed E-state index contributed by atoms with van der Waals surface area (Å²) >= 11 is 5.90. The number of pyridine rings is 1. The molecule has 3 aromatic rings. The number of hydrogen-bond acceptors (Lipinski definition) is 4. The number of nitrogens with zero attached hydrogens (tertiary/aromatic N) is 1. The van der Waals surface area contributed by atoms with E-state index >= 15 is 0 Å². The number of nitrogens with one attached hydrogen (secondary N) is 3. The quantitative estimate of drug-likeness (QED) is 0.635. The lowest BCUT2D eigenvalue weighted by Crippen LogP contribution is -2.31. The van der Waals surface area contributed by atoms with Gasteiger partial charge in [-0.25, -0.2) is 4.39 Å². The SMILES string of the molecule is COc1cnccc1-c1[nH]c2c(c1Nc1cccc(Cl)c1F)C(=O)NCC2. The second-order valence-electron chi connectivity index (χ2n) is 6.04. The second-order valence-corrected chi connectivity index (χ2v) is 6.44. The molecule has 3 heterocycles. The molecular formula is C19H16ClFN4O2. The third-order valence-corrected chi connectivity index (χ3v) is 4.74. The first-order valence-electron chi connectivity index (χ1n) is 8.32. The van der Waals surface area contributed by atoms with Gasteiger partial charge in [0.15, 0.2) is 5.82 Å². The molecule has 0 bridgehead atoms. The molecule has 2 aromatic heterocycles. The molecule has 0 spiro atoms. The fraction of sp³-hybridized carbons (Fsp3) is 0.158. The smallest absolute Gasteiger partial charge is 0.255 e. The molecule has 4 rings (SSSR count). The van der Waals surface area contributed by atoms with Crippen LogP contribution >= 0.6 is 11.6 Å². The Morgan fingerprint density at radius 2 is 2.19 bits per heavy atom. The topological polar surface area (TPSA) is 79.0 Å². The molecule has 27 heavy (non-hydrogen) atoms. The van der Waals surface area contributed by atoms with Crippen LogP contribution in [-0.4, -0.2) is 29.5 Å². The van der Waals surface area contributed by atoms with E-state index in [4.69, 9.17) is 16.3 Å². The minimum absolute atomic E-state index is 0.00287. The van der Waals surface area contributed by atoms with Crippen LogP contribution in [0.4, 0.5) is 15.8 Å². The van der Waals surface area contributed by atoms with E-state index < -0.39 is 5.82 Å². The van der Waals surface area contributed by atoms with E-state index in [2.05, 4.69) is 20.6 Å². The lowest BCUT2D eigenvalue weighted by molar-refractivity contribution is 0.0947. The predicted molar refractivity (Wildman–Crippen MR) is 101 cm³/mol. The maximum Gasteiger partial charge on any atom is 0.255 e. The van der Waals surface area contributed by atoms with Gasteiger partial charge in [-0.1, -0.05) is 17.7 Å². The van der Waals surface area contributed by atoms with E-state index in [-0.39, 0.29) is 16.6 Å². The molecule has 0 unspecified atom stereocenters. The van der Waals surface area contributed by atoms with Crippen LogP contribution in [0.25, 0.3) is 11.3 Å². The Morgan fingerprint density at radius 1 is 1.33 bits per heavy atom. The maximum absolute atomic E-state index is 14.5. The zero-order valence-electron chi connectivity index (χ0n) is 14.4. The number of hydrogen-bond donors (Lipinski definition) is 3. The summed E-state index contributed by atoms with van der Waals surface area (Å²) in [5, 5.41) is 5.86. The van der Waals surface area contributed by atoms with E-state index in [0.717, 1.165) is 5.69 Å². The Bertz CT molecular complexity index is 1030. The first-order valence-corrected chi connectivity index (χ1v) is 8.70. The Labute approximate surface area is 159 Å². The van der Waals surface area contributed by atoms with Crippen molar-refractivity contribution < 1.29 is 13.9 Å². The van der Waals surface area contributed by atoms with Gasteiger partial charge in [-0.2, -0.15) is 0 Å². The van der Waals surface area contributed by atoms with Gasteiger partial charge in [-0.3, -0.25) is 9.78 Å². The highest BCUT2D eigenvalue weighted by atomic mass is 35.5. The van der Waals surface area contributed by atoms with Gasteiger partial charge in [0.25, 0.3) is 5.91 Å². The number of fused-ring (bicyclic) bond motifs is 1. The number of ether oxygens (including phenoxy) is 1. The van der Waals surface area contributed by atoms with Crippen molar-refractivity contribution in [2.75, 3.05) is 19.0 Å². The average Bonchev–Trinajstić information content (AvgIpc) is 3.05. The maximum atomic E-state index is 14.5. The van der Waals surface area contributed by atoms with E-state index in [9.17, 15) is 9.18 Å². The molecule has 1 aliphatic rings. The van der Waals surface area contributed by atoms with Crippen LogP contribution in [0.3, 0.4) is 0 Å². The number of anilines is 2. The highest BCUT2D eigenvalue weighted by Crippen LogP contribution is 2.40. The van der Waals surface area contributed by atoms with E-state index in [1.165, 1.54) is 6.07 Å². The lowest BCUT2D eigenvalue weighted by atomic mass is 10.0. The Hall–Kier alpha value is -3.06. The highest BCUT2D eigenvalue weighted by molar-refractivity contribution is 6.31. The summed E-state index contributed by atoms with van der Waals surface area (Å²) in [6, 6.07) is 6.44. The monoisotopic (exact) mass is 386 g/mol. The fourth-order valence-electron chi connectivity index (χ4n) is 3.19. The number of halogens is 2. The summed E-state index contributed by atoms with van der Waals surface area (Å²) in [6.45, 7) is 0.532. The molecule has 1 aromatic carbocycles. The lowest BCUT2D eigenvalue weighted by Gasteiger charge is -2.16. The Balaban J connectivity index is 1.92. The highest BCUT2D eigenvalue weighted by Gasteiger charge is 2.28. The Kier molecular flexibility index (Phi) is 4.45. The number of benzene rings is 1. The van der Waals surface area contributed by atoms with Gasteiger partial charge < -0.3 is 20.4 Å². The van der Waals surface area contributed by atoms with Crippen LogP contribution in [0.15, 0.2) is 36.7 Å². The van der Waals surface area contributed by atoms with Gasteiger partial charge in [0.2, 0.25) is 0 Å². The number of carbonyl (C=O) groups excluding carboxylic acids is 1. The van der Waals surface area contributed by atoms with Crippen molar-refractivity contribution in [3.63, 3.8) is 0 Å². The first-order chi connectivity index (χ1) is 13.1. The number of carbonyl (C=O) groups is 1. The molecule has 0 aliphatic carbocycles. The molecule has 8 heteroatoms. The van der Waals surface area contributed by atoms with E-state index in [1.54, 1.807) is 37.7 Å². The number of rotatable bonds is 4. The first kappa shape index (κ1) is 17.4. The molecule has 0 fully saturated rings. The van der Waals surface area contributed by atoms with Crippen LogP contribution in [0.2, 0.25) is 5.02 Å². The summed E-state index contributed by atoms with van der Waals surface area (Å²) in [6.07, 6.45) is 3.85. The van der Waals surface area contributed by atoms with Gasteiger partial charge in [0.1, 0.15) is 5.75 Å². The fourth-order valence-corrected chi connectivity index (χ4v) is 3.36. The molecule has 0 saturated heterocycles. The van der Waals surface area contributed by atoms with Crippen molar-refractivity contribution in [2.45, 2.75) is 6.42 Å². The van der Waals surface area contributed by atoms with E-state index in [1.807, 2.05) is 0 Å². The van der Waals surface area contributed by atoms with E-state index in [0.29, 0.717) is 41.2 Å². The van der Waals surface area contributed by atoms with Crippen molar-refractivity contribution in [3.8, 4) is 17.0 Å². The molecule has 3 N–H and O–H groups in total. The van der Waals surface area contributed by atoms with Crippen molar-refractivity contribution in [2.24, 2.45) is 0 Å². The van der Waals surface area contributed by atoms with Crippen LogP contribution < -0.4 is 15.4 Å². The summed E-state index contributed by atoms with van der Waals surface area (Å²) in [5.41, 5.74) is 3.20. The molecule has 1 amide bonds. The van der Waals surface area contributed by atoms with Crippen LogP contribution in [0, 0.1) is 5.82 Å². The van der Waals surface area contributed by atoms with Gasteiger partial charge in [-0.05, 0) is 18.2 Å². The average molecular weight is 387 g/mol. The molecule has 138 valence electrons. The zero-order chi connectivity index (χ0) is 19.0. The van der Waals surface area contributed by atoms with Gasteiger partial charge in [0, 0.05) is 30.4 Å². The number of methoxy groups -OCH3 is 1. The molecule has 0 atom stereocenters. The number of H-pyrrole nitrogens is 1. The van der Waals surface area contributed by atoms with Crippen molar-refractivity contribution in [3.05, 3.63) is 58.8 Å². The minimum Gasteiger partial charge on any atom is -0.494 e. The normalized spacial score (nSPS) is 13.1. The Morgan fingerprint density at radius 3 is 3.00 bits per heavy atom. The molecule has 6 nitrogen and oxygen atoms in total. The van der Waals surface area contributed by atoms with Crippen LogP contribution in [-0.2, 0) is 6.42 Å². The number of aromatic amines is 1.